The molecule has 0 spiro atoms. The van der Waals surface area contributed by atoms with Gasteiger partial charge in [0.15, 0.2) is 0 Å². The second-order valence-electron chi connectivity index (χ2n) is 6.33. The van der Waals surface area contributed by atoms with Crippen LogP contribution in [-0.2, 0) is 14.4 Å². The smallest absolute Gasteiger partial charge is 0.475 e. The molecule has 0 radical (unpaired) electrons. The summed E-state index contributed by atoms with van der Waals surface area (Å²) in [4.78, 5) is 26.9. The molecular formula is C17H19F5N2O4. The Hall–Kier alpha value is -2.27. The molecule has 1 aromatic rings. The van der Waals surface area contributed by atoms with Gasteiger partial charge < -0.3 is 10.4 Å². The minimum atomic E-state index is -5.08. The Morgan fingerprint density at radius 1 is 1.07 bits per heavy atom. The summed E-state index contributed by atoms with van der Waals surface area (Å²) in [5.41, 5.74) is 0.451. The Morgan fingerprint density at radius 2 is 1.61 bits per heavy atom. The van der Waals surface area contributed by atoms with Crippen LogP contribution in [0.2, 0.25) is 0 Å². The molecule has 0 bridgehead atoms. The molecule has 11 heteroatoms. The van der Waals surface area contributed by atoms with Gasteiger partial charge in [-0.1, -0.05) is 0 Å². The fraction of sp³-hybridized carbons (Fsp3) is 0.529. The number of nitrogens with one attached hydrogen (secondary N) is 1. The molecule has 2 heterocycles. The molecular weight excluding hydrogens is 391 g/mol. The van der Waals surface area contributed by atoms with Gasteiger partial charge in [-0.15, -0.1) is 0 Å². The van der Waals surface area contributed by atoms with E-state index in [9.17, 15) is 26.7 Å². The predicted octanol–water partition coefficient (Wildman–Crippen LogP) is 2.80. The number of carbonyl (C=O) groups is 2. The number of carboxylic acids is 1. The van der Waals surface area contributed by atoms with Crippen molar-refractivity contribution >= 4 is 11.9 Å². The Kier molecular flexibility index (Phi) is 7.30. The maximum Gasteiger partial charge on any atom is 0.490 e. The molecule has 2 saturated heterocycles. The summed E-state index contributed by atoms with van der Waals surface area (Å²) in [7, 11) is 0. The molecule has 0 unspecified atom stereocenters. The number of amides is 1. The maximum atomic E-state index is 13.4. The standard InChI is InChI=1S/C15H18F2N2O2.C2HF3O2/c16-12-7-11(8-13(17)9-12)14-3-6-21-19(14)15(20)10-1-4-18-5-2-10;3-2(4,5)1(6)7/h7-10,14,18H,1-6H2;(H,6,7)/t14-;/m0./s1. The third-order valence-electron chi connectivity index (χ3n) is 4.32. The molecule has 2 fully saturated rings. The van der Waals surface area contributed by atoms with Gasteiger partial charge in [0.25, 0.3) is 0 Å². The summed E-state index contributed by atoms with van der Waals surface area (Å²) in [6.07, 6.45) is -2.99. The summed E-state index contributed by atoms with van der Waals surface area (Å²) in [5, 5.41) is 11.7. The molecule has 0 saturated carbocycles. The average molecular weight is 410 g/mol. The molecule has 0 aliphatic carbocycles. The maximum absolute atomic E-state index is 13.4. The number of halogens is 5. The normalized spacial score (nSPS) is 20.5. The van der Waals surface area contributed by atoms with Gasteiger partial charge in [-0.25, -0.2) is 18.6 Å². The summed E-state index contributed by atoms with van der Waals surface area (Å²) >= 11 is 0. The Balaban J connectivity index is 0.000000345. The van der Waals surface area contributed by atoms with Crippen molar-refractivity contribution in [2.45, 2.75) is 31.5 Å². The highest BCUT2D eigenvalue weighted by Crippen LogP contribution is 2.33. The molecule has 1 amide bonds. The monoisotopic (exact) mass is 410 g/mol. The van der Waals surface area contributed by atoms with Crippen LogP contribution in [0.5, 0.6) is 0 Å². The van der Waals surface area contributed by atoms with Crippen LogP contribution in [0.1, 0.15) is 30.9 Å². The minimum Gasteiger partial charge on any atom is -0.475 e. The number of alkyl halides is 3. The molecule has 1 atom stereocenters. The van der Waals surface area contributed by atoms with E-state index in [1.807, 2.05) is 0 Å². The second-order valence-corrected chi connectivity index (χ2v) is 6.33. The first kappa shape index (κ1) is 22.0. The van der Waals surface area contributed by atoms with Crippen molar-refractivity contribution in [2.75, 3.05) is 19.7 Å². The highest BCUT2D eigenvalue weighted by atomic mass is 19.4. The highest BCUT2D eigenvalue weighted by Gasteiger charge is 2.38. The second kappa shape index (κ2) is 9.28. The van der Waals surface area contributed by atoms with Crippen LogP contribution in [0.25, 0.3) is 0 Å². The van der Waals surface area contributed by atoms with E-state index in [1.165, 1.54) is 17.2 Å². The van der Waals surface area contributed by atoms with Crippen LogP contribution in [0.15, 0.2) is 18.2 Å². The minimum absolute atomic E-state index is 0.0785. The topological polar surface area (TPSA) is 78.9 Å². The lowest BCUT2D eigenvalue weighted by atomic mass is 9.95. The first-order chi connectivity index (χ1) is 13.1. The van der Waals surface area contributed by atoms with Crippen molar-refractivity contribution in [2.24, 2.45) is 5.92 Å². The van der Waals surface area contributed by atoms with E-state index >= 15 is 0 Å². The van der Waals surface area contributed by atoms with E-state index in [1.54, 1.807) is 0 Å². The SMILES string of the molecule is O=C(C1CCNCC1)N1OCC[C@H]1c1cc(F)cc(F)c1.O=C(O)C(F)(F)F. The summed E-state index contributed by atoms with van der Waals surface area (Å²) in [6, 6.07) is 2.96. The van der Waals surface area contributed by atoms with Crippen molar-refractivity contribution in [1.29, 1.82) is 0 Å². The van der Waals surface area contributed by atoms with E-state index < -0.39 is 29.8 Å². The van der Waals surface area contributed by atoms with Crippen LogP contribution in [0.4, 0.5) is 22.0 Å². The van der Waals surface area contributed by atoms with Gasteiger partial charge in [0.05, 0.1) is 12.6 Å². The number of hydrogen-bond donors (Lipinski definition) is 2. The number of benzene rings is 1. The molecule has 156 valence electrons. The van der Waals surface area contributed by atoms with Crippen LogP contribution in [0, 0.1) is 17.6 Å². The Labute approximate surface area is 157 Å². The molecule has 28 heavy (non-hydrogen) atoms. The summed E-state index contributed by atoms with van der Waals surface area (Å²) in [6.45, 7) is 2.01. The van der Waals surface area contributed by atoms with Crippen molar-refractivity contribution < 1.29 is 41.5 Å². The zero-order chi connectivity index (χ0) is 20.9. The third kappa shape index (κ3) is 5.86. The van der Waals surface area contributed by atoms with Crippen molar-refractivity contribution in [1.82, 2.24) is 10.4 Å². The zero-order valence-corrected chi connectivity index (χ0v) is 14.6. The van der Waals surface area contributed by atoms with Crippen molar-refractivity contribution in [3.8, 4) is 0 Å². The number of hydroxylamine groups is 2. The van der Waals surface area contributed by atoms with E-state index in [2.05, 4.69) is 5.32 Å². The van der Waals surface area contributed by atoms with Crippen molar-refractivity contribution in [3.05, 3.63) is 35.4 Å². The molecule has 0 aromatic heterocycles. The van der Waals surface area contributed by atoms with Crippen LogP contribution in [-0.4, -0.2) is 47.9 Å². The van der Waals surface area contributed by atoms with Gasteiger partial charge in [-0.3, -0.25) is 9.63 Å². The zero-order valence-electron chi connectivity index (χ0n) is 14.6. The fourth-order valence-electron chi connectivity index (χ4n) is 3.01. The first-order valence-corrected chi connectivity index (χ1v) is 8.52. The number of aliphatic carboxylic acids is 1. The van der Waals surface area contributed by atoms with Gasteiger partial charge >= 0.3 is 12.1 Å². The average Bonchev–Trinajstić information content (AvgIpc) is 3.10. The Bertz CT molecular complexity index is 687. The summed E-state index contributed by atoms with van der Waals surface area (Å²) in [5.74, 6) is -4.18. The molecule has 6 nitrogen and oxygen atoms in total. The number of hydrogen-bond acceptors (Lipinski definition) is 4. The quantitative estimate of drug-likeness (QED) is 0.734. The van der Waals surface area contributed by atoms with E-state index in [4.69, 9.17) is 14.7 Å². The van der Waals surface area contributed by atoms with E-state index in [0.29, 0.717) is 18.6 Å². The highest BCUT2D eigenvalue weighted by molar-refractivity contribution is 5.78. The number of piperidine rings is 1. The van der Waals surface area contributed by atoms with Gasteiger partial charge in [-0.2, -0.15) is 13.2 Å². The van der Waals surface area contributed by atoms with Crippen molar-refractivity contribution in [3.63, 3.8) is 0 Å². The largest absolute Gasteiger partial charge is 0.490 e. The molecule has 1 aromatic carbocycles. The number of nitrogens with zero attached hydrogens (tertiary/aromatic N) is 1. The van der Waals surface area contributed by atoms with Gasteiger partial charge in [-0.05, 0) is 43.6 Å². The van der Waals surface area contributed by atoms with Crippen LogP contribution >= 0.6 is 0 Å². The van der Waals surface area contributed by atoms with Gasteiger partial charge in [0.2, 0.25) is 5.91 Å². The van der Waals surface area contributed by atoms with E-state index in [0.717, 1.165) is 32.0 Å². The van der Waals surface area contributed by atoms with Gasteiger partial charge in [0.1, 0.15) is 11.6 Å². The summed E-state index contributed by atoms with van der Waals surface area (Å²) < 4.78 is 58.5. The third-order valence-corrected chi connectivity index (χ3v) is 4.32. The first-order valence-electron chi connectivity index (χ1n) is 8.52. The number of carboxylic acid groups (broad SMARTS) is 1. The lowest BCUT2D eigenvalue weighted by Crippen LogP contribution is -2.40. The van der Waals surface area contributed by atoms with Gasteiger partial charge in [0, 0.05) is 18.4 Å². The number of carbonyl (C=O) groups excluding carboxylic acids is 1. The molecule has 2 aliphatic heterocycles. The molecule has 2 N–H and O–H groups in total. The lowest BCUT2D eigenvalue weighted by molar-refractivity contribution is -0.192. The molecule has 2 aliphatic rings. The molecule has 3 rings (SSSR count). The number of rotatable bonds is 2. The Morgan fingerprint density at radius 3 is 2.11 bits per heavy atom. The van der Waals surface area contributed by atoms with E-state index in [-0.39, 0.29) is 11.8 Å². The lowest BCUT2D eigenvalue weighted by Gasteiger charge is -2.29. The van der Waals surface area contributed by atoms with Crippen LogP contribution in [0.3, 0.4) is 0 Å². The fourth-order valence-corrected chi connectivity index (χ4v) is 3.01. The van der Waals surface area contributed by atoms with Crippen LogP contribution < -0.4 is 5.32 Å². The predicted molar refractivity (Wildman–Crippen MR) is 85.8 cm³/mol.